The number of aryl methyl sites for hydroxylation is 2. The average molecular weight is 217 g/mol. The third-order valence-electron chi connectivity index (χ3n) is 2.39. The fourth-order valence-electron chi connectivity index (χ4n) is 1.39. The highest BCUT2D eigenvalue weighted by Crippen LogP contribution is 1.99. The summed E-state index contributed by atoms with van der Waals surface area (Å²) in [5, 5.41) is 11.1. The summed E-state index contributed by atoms with van der Waals surface area (Å²) in [6, 6.07) is 4.09. The van der Waals surface area contributed by atoms with Crippen LogP contribution in [0.15, 0.2) is 24.7 Å². The van der Waals surface area contributed by atoms with Crippen molar-refractivity contribution in [2.45, 2.75) is 20.0 Å². The van der Waals surface area contributed by atoms with Crippen LogP contribution in [-0.4, -0.2) is 19.7 Å². The van der Waals surface area contributed by atoms with E-state index in [1.807, 2.05) is 30.8 Å². The molecule has 0 aliphatic rings. The van der Waals surface area contributed by atoms with Gasteiger partial charge in [-0.1, -0.05) is 6.07 Å². The Balaban J connectivity index is 1.84. The van der Waals surface area contributed by atoms with Crippen LogP contribution in [0, 0.1) is 6.92 Å². The van der Waals surface area contributed by atoms with Crippen molar-refractivity contribution >= 4 is 0 Å². The molecule has 0 aromatic carbocycles. The molecule has 5 nitrogen and oxygen atoms in total. The molecule has 2 aromatic heterocycles. The summed E-state index contributed by atoms with van der Waals surface area (Å²) in [6.45, 7) is 3.49. The van der Waals surface area contributed by atoms with E-state index in [-0.39, 0.29) is 0 Å². The fourth-order valence-corrected chi connectivity index (χ4v) is 1.39. The summed E-state index contributed by atoms with van der Waals surface area (Å²) in [5.74, 6) is 0.931. The number of nitrogens with one attached hydrogen (secondary N) is 1. The van der Waals surface area contributed by atoms with Gasteiger partial charge < -0.3 is 9.88 Å². The van der Waals surface area contributed by atoms with Gasteiger partial charge in [-0.05, 0) is 18.6 Å². The zero-order valence-electron chi connectivity index (χ0n) is 9.51. The molecule has 0 fully saturated rings. The largest absolute Gasteiger partial charge is 0.320 e. The minimum absolute atomic E-state index is 0.713. The average Bonchev–Trinajstić information content (AvgIpc) is 2.68. The number of aromatic nitrogens is 4. The van der Waals surface area contributed by atoms with E-state index in [0.29, 0.717) is 6.54 Å². The molecule has 0 bridgehead atoms. The molecule has 0 amide bonds. The SMILES string of the molecule is Cc1ccc(CNCc2nncn2C)cn1. The summed E-state index contributed by atoms with van der Waals surface area (Å²) < 4.78 is 1.90. The smallest absolute Gasteiger partial charge is 0.146 e. The maximum Gasteiger partial charge on any atom is 0.146 e. The van der Waals surface area contributed by atoms with Crippen LogP contribution in [0.4, 0.5) is 0 Å². The van der Waals surface area contributed by atoms with E-state index in [9.17, 15) is 0 Å². The first-order valence-electron chi connectivity index (χ1n) is 5.21. The summed E-state index contributed by atoms with van der Waals surface area (Å²) in [4.78, 5) is 4.24. The van der Waals surface area contributed by atoms with Crippen molar-refractivity contribution in [1.82, 2.24) is 25.1 Å². The van der Waals surface area contributed by atoms with E-state index >= 15 is 0 Å². The van der Waals surface area contributed by atoms with Gasteiger partial charge in [-0.25, -0.2) is 0 Å². The third-order valence-corrected chi connectivity index (χ3v) is 2.39. The molecular weight excluding hydrogens is 202 g/mol. The zero-order valence-corrected chi connectivity index (χ0v) is 9.51. The summed E-state index contributed by atoms with van der Waals surface area (Å²) in [6.07, 6.45) is 3.59. The first-order chi connectivity index (χ1) is 7.75. The van der Waals surface area contributed by atoms with Crippen molar-refractivity contribution in [1.29, 1.82) is 0 Å². The fraction of sp³-hybridized carbons (Fsp3) is 0.364. The number of hydrogen-bond donors (Lipinski definition) is 1. The van der Waals surface area contributed by atoms with E-state index in [2.05, 4.69) is 26.6 Å². The highest BCUT2D eigenvalue weighted by Gasteiger charge is 1.99. The highest BCUT2D eigenvalue weighted by atomic mass is 15.3. The summed E-state index contributed by atoms with van der Waals surface area (Å²) in [5.41, 5.74) is 2.21. The molecule has 0 saturated heterocycles. The van der Waals surface area contributed by atoms with Crippen molar-refractivity contribution in [2.24, 2.45) is 7.05 Å². The van der Waals surface area contributed by atoms with Gasteiger partial charge in [0, 0.05) is 25.5 Å². The molecule has 5 heteroatoms. The van der Waals surface area contributed by atoms with Gasteiger partial charge in [0.2, 0.25) is 0 Å². The molecule has 0 unspecified atom stereocenters. The molecule has 0 radical (unpaired) electrons. The Labute approximate surface area is 94.5 Å². The maximum absolute atomic E-state index is 4.24. The van der Waals surface area contributed by atoms with Gasteiger partial charge in [0.15, 0.2) is 0 Å². The van der Waals surface area contributed by atoms with Gasteiger partial charge in [0.25, 0.3) is 0 Å². The molecule has 2 aromatic rings. The van der Waals surface area contributed by atoms with Crippen LogP contribution < -0.4 is 5.32 Å². The minimum Gasteiger partial charge on any atom is -0.320 e. The number of nitrogens with zero attached hydrogens (tertiary/aromatic N) is 4. The Morgan fingerprint density at radius 1 is 1.31 bits per heavy atom. The number of hydrogen-bond acceptors (Lipinski definition) is 4. The number of pyridine rings is 1. The monoisotopic (exact) mass is 217 g/mol. The highest BCUT2D eigenvalue weighted by molar-refractivity contribution is 5.12. The topological polar surface area (TPSA) is 55.6 Å². The second kappa shape index (κ2) is 4.85. The van der Waals surface area contributed by atoms with E-state index < -0.39 is 0 Å². The lowest BCUT2D eigenvalue weighted by molar-refractivity contribution is 0.636. The first-order valence-corrected chi connectivity index (χ1v) is 5.21. The van der Waals surface area contributed by atoms with Gasteiger partial charge in [-0.3, -0.25) is 4.98 Å². The van der Waals surface area contributed by atoms with Crippen LogP contribution in [-0.2, 0) is 20.1 Å². The van der Waals surface area contributed by atoms with Crippen molar-refractivity contribution < 1.29 is 0 Å². The molecule has 0 spiro atoms. The van der Waals surface area contributed by atoms with E-state index in [1.165, 1.54) is 5.56 Å². The Hall–Kier alpha value is -1.75. The molecule has 1 N–H and O–H groups in total. The van der Waals surface area contributed by atoms with Crippen LogP contribution in [0.25, 0.3) is 0 Å². The Bertz CT molecular complexity index is 446. The third kappa shape index (κ3) is 2.64. The quantitative estimate of drug-likeness (QED) is 0.823. The predicted molar refractivity (Wildman–Crippen MR) is 60.5 cm³/mol. The second-order valence-electron chi connectivity index (χ2n) is 3.77. The molecule has 2 heterocycles. The molecule has 0 saturated carbocycles. The predicted octanol–water partition coefficient (Wildman–Crippen LogP) is 0.808. The van der Waals surface area contributed by atoms with Gasteiger partial charge in [0.1, 0.15) is 12.2 Å². The molecule has 84 valence electrons. The van der Waals surface area contributed by atoms with Crippen molar-refractivity contribution in [3.05, 3.63) is 41.7 Å². The normalized spacial score (nSPS) is 10.6. The lowest BCUT2D eigenvalue weighted by Crippen LogP contribution is -2.15. The van der Waals surface area contributed by atoms with Crippen molar-refractivity contribution in [3.8, 4) is 0 Å². The van der Waals surface area contributed by atoms with Gasteiger partial charge in [0.05, 0.1) is 6.54 Å². The first kappa shape index (κ1) is 10.8. The van der Waals surface area contributed by atoms with E-state index in [0.717, 1.165) is 18.1 Å². The van der Waals surface area contributed by atoms with Crippen LogP contribution in [0.1, 0.15) is 17.1 Å². The Morgan fingerprint density at radius 3 is 2.81 bits per heavy atom. The van der Waals surface area contributed by atoms with E-state index in [1.54, 1.807) is 6.33 Å². The summed E-state index contributed by atoms with van der Waals surface area (Å²) in [7, 11) is 1.93. The van der Waals surface area contributed by atoms with Crippen LogP contribution in [0.5, 0.6) is 0 Å². The van der Waals surface area contributed by atoms with Gasteiger partial charge in [-0.15, -0.1) is 10.2 Å². The molecule has 2 rings (SSSR count). The molecule has 0 aliphatic carbocycles. The second-order valence-corrected chi connectivity index (χ2v) is 3.77. The minimum atomic E-state index is 0.713. The molecule has 0 aliphatic heterocycles. The molecule has 0 atom stereocenters. The Morgan fingerprint density at radius 2 is 2.19 bits per heavy atom. The van der Waals surface area contributed by atoms with Crippen LogP contribution in [0.3, 0.4) is 0 Å². The summed E-state index contributed by atoms with van der Waals surface area (Å²) >= 11 is 0. The maximum atomic E-state index is 4.24. The van der Waals surface area contributed by atoms with Crippen LogP contribution >= 0.6 is 0 Å². The standard InChI is InChI=1S/C11H15N5/c1-9-3-4-10(6-13-9)5-12-7-11-15-14-8-16(11)2/h3-4,6,8,12H,5,7H2,1-2H3. The van der Waals surface area contributed by atoms with Crippen LogP contribution in [0.2, 0.25) is 0 Å². The zero-order chi connectivity index (χ0) is 11.4. The Kier molecular flexibility index (Phi) is 3.26. The molecule has 16 heavy (non-hydrogen) atoms. The number of rotatable bonds is 4. The lowest BCUT2D eigenvalue weighted by atomic mass is 10.2. The van der Waals surface area contributed by atoms with Crippen molar-refractivity contribution in [3.63, 3.8) is 0 Å². The van der Waals surface area contributed by atoms with Crippen molar-refractivity contribution in [2.75, 3.05) is 0 Å². The van der Waals surface area contributed by atoms with E-state index in [4.69, 9.17) is 0 Å². The lowest BCUT2D eigenvalue weighted by Gasteiger charge is -2.04. The van der Waals surface area contributed by atoms with Gasteiger partial charge >= 0.3 is 0 Å². The van der Waals surface area contributed by atoms with Gasteiger partial charge in [-0.2, -0.15) is 0 Å². The molecular formula is C11H15N5.